The van der Waals surface area contributed by atoms with Crippen molar-refractivity contribution in [1.82, 2.24) is 5.32 Å². The minimum absolute atomic E-state index is 0.132. The van der Waals surface area contributed by atoms with Crippen molar-refractivity contribution in [3.63, 3.8) is 0 Å². The first-order valence-electron chi connectivity index (χ1n) is 9.34. The molecular formula is C22H27FN2O2. The lowest BCUT2D eigenvalue weighted by Crippen LogP contribution is -2.37. The van der Waals surface area contributed by atoms with Crippen LogP contribution in [-0.4, -0.2) is 32.2 Å². The minimum atomic E-state index is -0.281. The number of anilines is 1. The van der Waals surface area contributed by atoms with Crippen LogP contribution in [0.15, 0.2) is 48.5 Å². The van der Waals surface area contributed by atoms with Crippen molar-refractivity contribution < 1.29 is 13.9 Å². The van der Waals surface area contributed by atoms with Gasteiger partial charge < -0.3 is 15.0 Å². The Balaban J connectivity index is 1.74. The first kappa shape index (κ1) is 19.4. The summed E-state index contributed by atoms with van der Waals surface area (Å²) in [6.45, 7) is 9.36. The predicted octanol–water partition coefficient (Wildman–Crippen LogP) is 4.18. The average molecular weight is 370 g/mol. The van der Waals surface area contributed by atoms with Crippen molar-refractivity contribution in [2.45, 2.75) is 26.8 Å². The summed E-state index contributed by atoms with van der Waals surface area (Å²) in [7, 11) is 0. The normalized spacial score (nSPS) is 16.1. The van der Waals surface area contributed by atoms with E-state index in [1.54, 1.807) is 12.1 Å². The van der Waals surface area contributed by atoms with Gasteiger partial charge in [-0.3, -0.25) is 4.79 Å². The van der Waals surface area contributed by atoms with E-state index < -0.39 is 0 Å². The summed E-state index contributed by atoms with van der Waals surface area (Å²) in [5.41, 5.74) is 2.40. The quantitative estimate of drug-likeness (QED) is 0.878. The largest absolute Gasteiger partial charge is 0.378 e. The molecule has 144 valence electrons. The Hall–Kier alpha value is -2.40. The highest BCUT2D eigenvalue weighted by atomic mass is 19.1. The number of hydrogen-bond donors (Lipinski definition) is 1. The summed E-state index contributed by atoms with van der Waals surface area (Å²) in [4.78, 5) is 15.1. The fourth-order valence-electron chi connectivity index (χ4n) is 3.31. The van der Waals surface area contributed by atoms with Crippen molar-refractivity contribution >= 4 is 11.6 Å². The van der Waals surface area contributed by atoms with Crippen LogP contribution >= 0.6 is 0 Å². The zero-order valence-corrected chi connectivity index (χ0v) is 16.2. The smallest absolute Gasteiger partial charge is 0.251 e. The summed E-state index contributed by atoms with van der Waals surface area (Å²) >= 11 is 0. The summed E-state index contributed by atoms with van der Waals surface area (Å²) in [5.74, 6) is -0.413. The van der Waals surface area contributed by atoms with Crippen molar-refractivity contribution in [2.24, 2.45) is 5.41 Å². The van der Waals surface area contributed by atoms with Gasteiger partial charge in [-0.2, -0.15) is 0 Å². The van der Waals surface area contributed by atoms with Gasteiger partial charge in [0.1, 0.15) is 5.82 Å². The standard InChI is InChI=1S/C22H27FN2O2/c1-22(2,3)20(16-4-8-18(23)9-5-16)24-21(26)17-6-10-19(11-7-17)25-12-14-27-15-13-25/h4-11,20H,12-15H2,1-3H3,(H,24,26). The lowest BCUT2D eigenvalue weighted by molar-refractivity contribution is 0.0901. The van der Waals surface area contributed by atoms with Crippen molar-refractivity contribution in [1.29, 1.82) is 0 Å². The molecule has 0 saturated carbocycles. The number of ether oxygens (including phenoxy) is 1. The van der Waals surface area contributed by atoms with Gasteiger partial charge in [-0.05, 0) is 47.4 Å². The van der Waals surface area contributed by atoms with Crippen LogP contribution < -0.4 is 10.2 Å². The molecule has 0 radical (unpaired) electrons. The molecule has 1 saturated heterocycles. The summed E-state index contributed by atoms with van der Waals surface area (Å²) < 4.78 is 18.6. The van der Waals surface area contributed by atoms with Crippen LogP contribution in [0.4, 0.5) is 10.1 Å². The van der Waals surface area contributed by atoms with Gasteiger partial charge in [0.05, 0.1) is 19.3 Å². The Kier molecular flexibility index (Phi) is 5.80. The molecule has 5 heteroatoms. The molecule has 27 heavy (non-hydrogen) atoms. The van der Waals surface area contributed by atoms with E-state index in [0.717, 1.165) is 37.6 Å². The zero-order valence-electron chi connectivity index (χ0n) is 16.2. The van der Waals surface area contributed by atoms with Gasteiger partial charge >= 0.3 is 0 Å². The molecule has 4 nitrogen and oxygen atoms in total. The highest BCUT2D eigenvalue weighted by molar-refractivity contribution is 5.94. The Morgan fingerprint density at radius 3 is 2.19 bits per heavy atom. The fourth-order valence-corrected chi connectivity index (χ4v) is 3.31. The maximum absolute atomic E-state index is 13.3. The van der Waals surface area contributed by atoms with Crippen LogP contribution in [0.2, 0.25) is 0 Å². The van der Waals surface area contributed by atoms with Crippen molar-refractivity contribution in [3.05, 3.63) is 65.5 Å². The van der Waals surface area contributed by atoms with Crippen LogP contribution in [0.1, 0.15) is 42.7 Å². The average Bonchev–Trinajstić information content (AvgIpc) is 2.67. The molecule has 1 unspecified atom stereocenters. The molecule has 2 aromatic carbocycles. The number of amides is 1. The maximum Gasteiger partial charge on any atom is 0.251 e. The molecule has 0 aliphatic carbocycles. The second kappa shape index (κ2) is 8.09. The van der Waals surface area contributed by atoms with Crippen LogP contribution in [0, 0.1) is 11.2 Å². The van der Waals surface area contributed by atoms with E-state index in [4.69, 9.17) is 4.74 Å². The second-order valence-electron chi connectivity index (χ2n) is 7.97. The number of carbonyl (C=O) groups is 1. The van der Waals surface area contributed by atoms with Gasteiger partial charge in [0.25, 0.3) is 5.91 Å². The number of carbonyl (C=O) groups excluding carboxylic acids is 1. The summed E-state index contributed by atoms with van der Waals surface area (Å²) in [6, 6.07) is 13.8. The Labute approximate surface area is 160 Å². The minimum Gasteiger partial charge on any atom is -0.378 e. The van der Waals surface area contributed by atoms with Gasteiger partial charge in [-0.15, -0.1) is 0 Å². The van der Waals surface area contributed by atoms with E-state index >= 15 is 0 Å². The molecule has 1 aliphatic heterocycles. The number of benzene rings is 2. The molecule has 0 bridgehead atoms. The lowest BCUT2D eigenvalue weighted by Gasteiger charge is -2.32. The first-order valence-corrected chi connectivity index (χ1v) is 9.34. The topological polar surface area (TPSA) is 41.6 Å². The molecule has 2 aromatic rings. The number of halogens is 1. The Bertz CT molecular complexity index is 760. The van der Waals surface area contributed by atoms with Crippen molar-refractivity contribution in [3.8, 4) is 0 Å². The molecule has 0 aromatic heterocycles. The van der Waals surface area contributed by atoms with Gasteiger partial charge in [0.15, 0.2) is 0 Å². The van der Waals surface area contributed by atoms with Gasteiger partial charge in [-0.1, -0.05) is 32.9 Å². The number of nitrogens with zero attached hydrogens (tertiary/aromatic N) is 1. The molecule has 3 rings (SSSR count). The SMILES string of the molecule is CC(C)(C)C(NC(=O)c1ccc(N2CCOCC2)cc1)c1ccc(F)cc1. The fraction of sp³-hybridized carbons (Fsp3) is 0.409. The van der Waals surface area contributed by atoms with Gasteiger partial charge in [0, 0.05) is 24.3 Å². The number of morpholine rings is 1. The third-order valence-corrected chi connectivity index (χ3v) is 4.85. The van der Waals surface area contributed by atoms with Crippen LogP contribution in [-0.2, 0) is 4.74 Å². The van der Waals surface area contributed by atoms with E-state index in [2.05, 4.69) is 31.0 Å². The number of rotatable bonds is 4. The van der Waals surface area contributed by atoms with Gasteiger partial charge in [-0.25, -0.2) is 4.39 Å². The number of nitrogens with one attached hydrogen (secondary N) is 1. The zero-order chi connectivity index (χ0) is 19.4. The van der Waals surface area contributed by atoms with E-state index in [1.807, 2.05) is 24.3 Å². The van der Waals surface area contributed by atoms with Crippen molar-refractivity contribution in [2.75, 3.05) is 31.2 Å². The lowest BCUT2D eigenvalue weighted by atomic mass is 9.82. The first-order chi connectivity index (χ1) is 12.8. The second-order valence-corrected chi connectivity index (χ2v) is 7.97. The van der Waals surface area contributed by atoms with Crippen LogP contribution in [0.25, 0.3) is 0 Å². The van der Waals surface area contributed by atoms with E-state index in [-0.39, 0.29) is 23.2 Å². The molecule has 1 aliphatic rings. The van der Waals surface area contributed by atoms with Crippen LogP contribution in [0.3, 0.4) is 0 Å². The van der Waals surface area contributed by atoms with Gasteiger partial charge in [0.2, 0.25) is 0 Å². The molecule has 1 heterocycles. The van der Waals surface area contributed by atoms with Crippen LogP contribution in [0.5, 0.6) is 0 Å². The third-order valence-electron chi connectivity index (χ3n) is 4.85. The molecule has 1 N–H and O–H groups in total. The Morgan fingerprint density at radius 2 is 1.63 bits per heavy atom. The number of hydrogen-bond acceptors (Lipinski definition) is 3. The monoisotopic (exact) mass is 370 g/mol. The van der Waals surface area contributed by atoms with E-state index in [1.165, 1.54) is 12.1 Å². The predicted molar refractivity (Wildman–Crippen MR) is 106 cm³/mol. The molecule has 1 atom stereocenters. The summed E-state index contributed by atoms with van der Waals surface area (Å²) in [5, 5.41) is 3.11. The van der Waals surface area contributed by atoms with E-state index in [0.29, 0.717) is 5.56 Å². The highest BCUT2D eigenvalue weighted by Crippen LogP contribution is 2.33. The molecule has 1 amide bonds. The van der Waals surface area contributed by atoms with E-state index in [9.17, 15) is 9.18 Å². The Morgan fingerprint density at radius 1 is 1.04 bits per heavy atom. The maximum atomic E-state index is 13.3. The third kappa shape index (κ3) is 4.86. The molecule has 1 fully saturated rings. The molecule has 0 spiro atoms. The summed E-state index contributed by atoms with van der Waals surface area (Å²) in [6.07, 6.45) is 0. The highest BCUT2D eigenvalue weighted by Gasteiger charge is 2.28. The molecular weight excluding hydrogens is 343 g/mol.